The Morgan fingerprint density at radius 2 is 2.08 bits per heavy atom. The minimum atomic E-state index is 0.125. The highest BCUT2D eigenvalue weighted by molar-refractivity contribution is 7.10. The van der Waals surface area contributed by atoms with Crippen molar-refractivity contribution in [3.8, 4) is 0 Å². The summed E-state index contributed by atoms with van der Waals surface area (Å²) in [6, 6.07) is 2.24. The lowest BCUT2D eigenvalue weighted by Gasteiger charge is -2.41. The summed E-state index contributed by atoms with van der Waals surface area (Å²) in [5, 5.41) is 2.21. The van der Waals surface area contributed by atoms with Crippen molar-refractivity contribution in [2.45, 2.75) is 50.9 Å². The molecule has 0 radical (unpaired) electrons. The molecule has 0 bridgehead atoms. The second-order valence-electron chi connectivity index (χ2n) is 7.72. The van der Waals surface area contributed by atoms with Gasteiger partial charge in [0.1, 0.15) is 0 Å². The Kier molecular flexibility index (Phi) is 5.25. The molecule has 134 valence electrons. The fourth-order valence-corrected chi connectivity index (χ4v) is 5.40. The zero-order chi connectivity index (χ0) is 16.4. The zero-order valence-corrected chi connectivity index (χ0v) is 15.7. The van der Waals surface area contributed by atoms with Gasteiger partial charge in [-0.3, -0.25) is 9.80 Å². The minimum absolute atomic E-state index is 0.125. The number of ether oxygens (including phenoxy) is 2. The van der Waals surface area contributed by atoms with Crippen molar-refractivity contribution in [3.63, 3.8) is 0 Å². The van der Waals surface area contributed by atoms with E-state index in [0.29, 0.717) is 6.10 Å². The van der Waals surface area contributed by atoms with Crippen LogP contribution in [0.25, 0.3) is 0 Å². The molecule has 0 unspecified atom stereocenters. The van der Waals surface area contributed by atoms with Gasteiger partial charge in [0.25, 0.3) is 0 Å². The van der Waals surface area contributed by atoms with Crippen LogP contribution in [0.4, 0.5) is 0 Å². The predicted molar refractivity (Wildman–Crippen MR) is 97.7 cm³/mol. The van der Waals surface area contributed by atoms with Crippen molar-refractivity contribution in [2.75, 3.05) is 45.9 Å². The summed E-state index contributed by atoms with van der Waals surface area (Å²) in [6.07, 6.45) is 5.41. The Labute approximate surface area is 149 Å². The minimum Gasteiger partial charge on any atom is -0.379 e. The normalized spacial score (nSPS) is 32.6. The van der Waals surface area contributed by atoms with Crippen LogP contribution < -0.4 is 0 Å². The van der Waals surface area contributed by atoms with E-state index in [-0.39, 0.29) is 5.60 Å². The summed E-state index contributed by atoms with van der Waals surface area (Å²) in [6.45, 7) is 10.6. The molecule has 3 aliphatic rings. The third-order valence-electron chi connectivity index (χ3n) is 5.87. The van der Waals surface area contributed by atoms with Gasteiger partial charge in [0.15, 0.2) is 0 Å². The van der Waals surface area contributed by atoms with Crippen LogP contribution in [-0.2, 0) is 16.0 Å². The molecule has 4 heterocycles. The third-order valence-corrected chi connectivity index (χ3v) is 6.88. The molecule has 3 saturated heterocycles. The predicted octanol–water partition coefficient (Wildman–Crippen LogP) is 2.90. The molecule has 0 amide bonds. The fraction of sp³-hybridized carbons (Fsp3) is 0.789. The van der Waals surface area contributed by atoms with Crippen molar-refractivity contribution in [1.82, 2.24) is 9.80 Å². The van der Waals surface area contributed by atoms with Gasteiger partial charge in [-0.25, -0.2) is 0 Å². The Morgan fingerprint density at radius 1 is 1.21 bits per heavy atom. The molecule has 4 rings (SSSR count). The Morgan fingerprint density at radius 3 is 2.88 bits per heavy atom. The van der Waals surface area contributed by atoms with Gasteiger partial charge in [0, 0.05) is 44.1 Å². The lowest BCUT2D eigenvalue weighted by atomic mass is 9.90. The van der Waals surface area contributed by atoms with Crippen LogP contribution in [0.2, 0.25) is 0 Å². The third kappa shape index (κ3) is 3.86. The van der Waals surface area contributed by atoms with Gasteiger partial charge in [-0.1, -0.05) is 0 Å². The van der Waals surface area contributed by atoms with Gasteiger partial charge >= 0.3 is 0 Å². The molecule has 1 aromatic rings. The van der Waals surface area contributed by atoms with Gasteiger partial charge in [0.2, 0.25) is 0 Å². The second-order valence-corrected chi connectivity index (χ2v) is 8.72. The summed E-state index contributed by atoms with van der Waals surface area (Å²) < 4.78 is 12.2. The SMILES string of the molecule is Cc1ccsc1CN1CC[C@]2(CCC[C@@H](CN3CCOCC3)O2)C1. The molecule has 0 aliphatic carbocycles. The first-order valence-corrected chi connectivity index (χ1v) is 10.3. The first kappa shape index (κ1) is 17.0. The van der Waals surface area contributed by atoms with Gasteiger partial charge in [-0.2, -0.15) is 0 Å². The molecular formula is C19H30N2O2S. The first-order chi connectivity index (χ1) is 11.7. The van der Waals surface area contributed by atoms with Gasteiger partial charge in [0.05, 0.1) is 24.9 Å². The standard InChI is InChI=1S/C19H30N2O2S/c1-16-4-12-24-18(16)14-21-7-6-19(15-21)5-2-3-17(23-19)13-20-8-10-22-11-9-20/h4,12,17H,2-3,5-11,13-15H2,1H3/t17-,19+/m0/s1. The van der Waals surface area contributed by atoms with E-state index in [1.54, 1.807) is 0 Å². The molecular weight excluding hydrogens is 320 g/mol. The van der Waals surface area contributed by atoms with Crippen LogP contribution in [0.3, 0.4) is 0 Å². The molecule has 24 heavy (non-hydrogen) atoms. The van der Waals surface area contributed by atoms with Crippen molar-refractivity contribution in [1.29, 1.82) is 0 Å². The van der Waals surface area contributed by atoms with E-state index in [4.69, 9.17) is 9.47 Å². The molecule has 3 fully saturated rings. The fourth-order valence-electron chi connectivity index (χ4n) is 4.46. The molecule has 5 heteroatoms. The topological polar surface area (TPSA) is 24.9 Å². The Balaban J connectivity index is 1.32. The summed E-state index contributed by atoms with van der Waals surface area (Å²) >= 11 is 1.89. The maximum Gasteiger partial charge on any atom is 0.0825 e. The highest BCUT2D eigenvalue weighted by Gasteiger charge is 2.43. The highest BCUT2D eigenvalue weighted by Crippen LogP contribution is 2.37. The van der Waals surface area contributed by atoms with Crippen LogP contribution >= 0.6 is 11.3 Å². The number of morpholine rings is 1. The van der Waals surface area contributed by atoms with Crippen LogP contribution in [-0.4, -0.2) is 67.4 Å². The molecule has 4 nitrogen and oxygen atoms in total. The van der Waals surface area contributed by atoms with E-state index >= 15 is 0 Å². The van der Waals surface area contributed by atoms with Gasteiger partial charge < -0.3 is 9.47 Å². The summed E-state index contributed by atoms with van der Waals surface area (Å²) in [4.78, 5) is 6.65. The van der Waals surface area contributed by atoms with Crippen molar-refractivity contribution in [3.05, 3.63) is 21.9 Å². The van der Waals surface area contributed by atoms with Crippen LogP contribution in [0.15, 0.2) is 11.4 Å². The molecule has 1 aromatic heterocycles. The number of hydrogen-bond donors (Lipinski definition) is 0. The maximum atomic E-state index is 6.70. The van der Waals surface area contributed by atoms with E-state index in [0.717, 1.165) is 45.9 Å². The average molecular weight is 351 g/mol. The number of thiophene rings is 1. The van der Waals surface area contributed by atoms with Crippen LogP contribution in [0.1, 0.15) is 36.1 Å². The Bertz CT molecular complexity index is 543. The molecule has 0 saturated carbocycles. The monoisotopic (exact) mass is 350 g/mol. The van der Waals surface area contributed by atoms with Crippen molar-refractivity contribution in [2.24, 2.45) is 0 Å². The number of rotatable bonds is 4. The zero-order valence-electron chi connectivity index (χ0n) is 14.8. The van der Waals surface area contributed by atoms with Gasteiger partial charge in [-0.15, -0.1) is 11.3 Å². The smallest absolute Gasteiger partial charge is 0.0825 e. The Hall–Kier alpha value is -0.460. The van der Waals surface area contributed by atoms with Crippen molar-refractivity contribution >= 4 is 11.3 Å². The number of nitrogens with zero attached hydrogens (tertiary/aromatic N) is 2. The first-order valence-electron chi connectivity index (χ1n) is 9.46. The van der Waals surface area contributed by atoms with E-state index in [1.165, 1.54) is 42.7 Å². The lowest BCUT2D eigenvalue weighted by molar-refractivity contribution is -0.132. The van der Waals surface area contributed by atoms with E-state index in [1.807, 2.05) is 11.3 Å². The molecule has 0 aromatic carbocycles. The number of hydrogen-bond acceptors (Lipinski definition) is 5. The maximum absolute atomic E-state index is 6.70. The quantitative estimate of drug-likeness (QED) is 0.834. The summed E-state index contributed by atoms with van der Waals surface area (Å²) in [5.41, 5.74) is 1.57. The van der Waals surface area contributed by atoms with Gasteiger partial charge in [-0.05, 0) is 49.6 Å². The highest BCUT2D eigenvalue weighted by atomic mass is 32.1. The van der Waals surface area contributed by atoms with E-state index < -0.39 is 0 Å². The lowest BCUT2D eigenvalue weighted by Crippen LogP contribution is -2.48. The number of aryl methyl sites for hydroxylation is 1. The molecule has 0 N–H and O–H groups in total. The number of likely N-dealkylation sites (tertiary alicyclic amines) is 1. The van der Waals surface area contributed by atoms with Crippen molar-refractivity contribution < 1.29 is 9.47 Å². The summed E-state index contributed by atoms with van der Waals surface area (Å²) in [7, 11) is 0. The summed E-state index contributed by atoms with van der Waals surface area (Å²) in [5.74, 6) is 0. The molecule has 2 atom stereocenters. The average Bonchev–Trinajstić information content (AvgIpc) is 3.16. The van der Waals surface area contributed by atoms with E-state index in [2.05, 4.69) is 28.2 Å². The van der Waals surface area contributed by atoms with Crippen LogP contribution in [0, 0.1) is 6.92 Å². The van der Waals surface area contributed by atoms with Crippen LogP contribution in [0.5, 0.6) is 0 Å². The largest absolute Gasteiger partial charge is 0.379 e. The van der Waals surface area contributed by atoms with E-state index in [9.17, 15) is 0 Å². The molecule has 1 spiro atoms. The molecule has 3 aliphatic heterocycles. The second kappa shape index (κ2) is 7.42.